The van der Waals surface area contributed by atoms with Gasteiger partial charge in [-0.3, -0.25) is 25.1 Å². The number of carbonyl (C=O) groups is 2. The van der Waals surface area contributed by atoms with E-state index in [0.29, 0.717) is 40.3 Å². The monoisotopic (exact) mass is 485 g/mol. The maximum Gasteiger partial charge on any atom is 0.282 e. The Balaban J connectivity index is 1.64. The minimum absolute atomic E-state index is 0.0178. The Hall–Kier alpha value is -4.92. The number of amides is 2. The average Bonchev–Trinajstić information content (AvgIpc) is 3.17. The predicted octanol–water partition coefficient (Wildman–Crippen LogP) is 4.37. The number of nitro benzene ring substituents is 1. The van der Waals surface area contributed by atoms with Crippen LogP contribution >= 0.6 is 0 Å². The number of hydrogen-bond donors (Lipinski definition) is 1. The highest BCUT2D eigenvalue weighted by Gasteiger charge is 2.34. The SMILES string of the molecule is C=CCc1cc(/C=C2/C(=O)NN(c3ccccc3)C2=O)cc(OC)c1OCc1cccc([N+](=O)[O-])c1. The van der Waals surface area contributed by atoms with E-state index in [4.69, 9.17) is 9.47 Å². The van der Waals surface area contributed by atoms with E-state index in [0.717, 1.165) is 0 Å². The first-order chi connectivity index (χ1) is 17.4. The molecule has 4 rings (SSSR count). The van der Waals surface area contributed by atoms with Crippen LogP contribution < -0.4 is 19.9 Å². The van der Waals surface area contributed by atoms with Gasteiger partial charge in [-0.1, -0.05) is 36.4 Å². The third-order valence-electron chi connectivity index (χ3n) is 5.46. The lowest BCUT2D eigenvalue weighted by Gasteiger charge is -2.16. The van der Waals surface area contributed by atoms with Crippen LogP contribution in [0.4, 0.5) is 11.4 Å². The molecule has 182 valence electrons. The zero-order valence-corrected chi connectivity index (χ0v) is 19.5. The van der Waals surface area contributed by atoms with Gasteiger partial charge < -0.3 is 9.47 Å². The Labute approximate surface area is 207 Å². The summed E-state index contributed by atoms with van der Waals surface area (Å²) in [7, 11) is 1.48. The van der Waals surface area contributed by atoms with Gasteiger partial charge >= 0.3 is 0 Å². The molecule has 1 heterocycles. The van der Waals surface area contributed by atoms with Crippen LogP contribution in [0, 0.1) is 10.1 Å². The topological polar surface area (TPSA) is 111 Å². The number of para-hydroxylation sites is 1. The molecule has 0 aliphatic carbocycles. The summed E-state index contributed by atoms with van der Waals surface area (Å²) < 4.78 is 11.5. The fourth-order valence-corrected chi connectivity index (χ4v) is 3.79. The number of rotatable bonds is 9. The molecule has 0 bridgehead atoms. The fraction of sp³-hybridized carbons (Fsp3) is 0.111. The highest BCUT2D eigenvalue weighted by molar-refractivity contribution is 6.31. The number of carbonyl (C=O) groups excluding carboxylic acids is 2. The number of non-ortho nitro benzene ring substituents is 1. The number of anilines is 1. The van der Waals surface area contributed by atoms with Crippen LogP contribution in [-0.2, 0) is 22.6 Å². The molecule has 9 nitrogen and oxygen atoms in total. The molecule has 36 heavy (non-hydrogen) atoms. The molecule has 1 fully saturated rings. The van der Waals surface area contributed by atoms with Crippen molar-refractivity contribution < 1.29 is 24.0 Å². The van der Waals surface area contributed by atoms with Gasteiger partial charge in [-0.25, -0.2) is 5.01 Å². The molecule has 1 saturated heterocycles. The molecular weight excluding hydrogens is 462 g/mol. The number of nitro groups is 1. The number of hydrazine groups is 1. The van der Waals surface area contributed by atoms with Crippen molar-refractivity contribution in [3.05, 3.63) is 112 Å². The number of nitrogens with zero attached hydrogens (tertiary/aromatic N) is 2. The Morgan fingerprint density at radius 3 is 2.56 bits per heavy atom. The Kier molecular flexibility index (Phi) is 7.10. The molecular formula is C27H23N3O6. The predicted molar refractivity (Wildman–Crippen MR) is 134 cm³/mol. The number of allylic oxidation sites excluding steroid dienone is 1. The second-order valence-corrected chi connectivity index (χ2v) is 7.89. The molecule has 0 radical (unpaired) electrons. The van der Waals surface area contributed by atoms with Crippen molar-refractivity contribution in [1.82, 2.24) is 5.43 Å². The first-order valence-electron chi connectivity index (χ1n) is 11.0. The van der Waals surface area contributed by atoms with Crippen molar-refractivity contribution in [1.29, 1.82) is 0 Å². The highest BCUT2D eigenvalue weighted by Crippen LogP contribution is 2.35. The minimum atomic E-state index is -0.515. The van der Waals surface area contributed by atoms with Crippen molar-refractivity contribution >= 4 is 29.3 Å². The number of hydrogen-bond acceptors (Lipinski definition) is 6. The van der Waals surface area contributed by atoms with Crippen LogP contribution in [0.5, 0.6) is 11.5 Å². The van der Waals surface area contributed by atoms with Crippen molar-refractivity contribution in [2.75, 3.05) is 12.1 Å². The molecule has 3 aromatic carbocycles. The van der Waals surface area contributed by atoms with Gasteiger partial charge in [0.2, 0.25) is 0 Å². The summed E-state index contributed by atoms with van der Waals surface area (Å²) in [6.07, 6.45) is 3.62. The lowest BCUT2D eigenvalue weighted by molar-refractivity contribution is -0.384. The third-order valence-corrected chi connectivity index (χ3v) is 5.46. The standard InChI is InChI=1S/C27H23N3O6/c1-3-8-20-13-19(15-23-26(31)28-29(27(23)32)21-10-5-4-6-11-21)16-24(35-2)25(20)36-17-18-9-7-12-22(14-18)30(33)34/h3-7,9-16H,1,8,17H2,2H3,(H,28,31)/b23-15-. The molecule has 0 saturated carbocycles. The second kappa shape index (κ2) is 10.6. The molecule has 2 amide bonds. The number of benzene rings is 3. The zero-order valence-electron chi connectivity index (χ0n) is 19.5. The van der Waals surface area contributed by atoms with E-state index in [1.165, 1.54) is 30.3 Å². The Bertz CT molecular complexity index is 1370. The van der Waals surface area contributed by atoms with E-state index < -0.39 is 16.7 Å². The van der Waals surface area contributed by atoms with Crippen LogP contribution in [0.25, 0.3) is 6.08 Å². The highest BCUT2D eigenvalue weighted by atomic mass is 16.6. The minimum Gasteiger partial charge on any atom is -0.493 e. The summed E-state index contributed by atoms with van der Waals surface area (Å²) in [5.74, 6) is -0.155. The summed E-state index contributed by atoms with van der Waals surface area (Å²) in [5, 5.41) is 12.3. The van der Waals surface area contributed by atoms with Crippen LogP contribution in [0.3, 0.4) is 0 Å². The van der Waals surface area contributed by atoms with E-state index in [1.54, 1.807) is 54.6 Å². The number of methoxy groups -OCH3 is 1. The largest absolute Gasteiger partial charge is 0.493 e. The summed E-state index contributed by atoms with van der Waals surface area (Å²) in [4.78, 5) is 36.1. The second-order valence-electron chi connectivity index (χ2n) is 7.89. The normalized spacial score (nSPS) is 14.0. The average molecular weight is 485 g/mol. The van der Waals surface area contributed by atoms with E-state index in [1.807, 2.05) is 6.07 Å². The van der Waals surface area contributed by atoms with Crippen LogP contribution in [0.2, 0.25) is 0 Å². The molecule has 0 unspecified atom stereocenters. The third kappa shape index (κ3) is 5.10. The fourth-order valence-electron chi connectivity index (χ4n) is 3.79. The molecule has 0 spiro atoms. The summed E-state index contributed by atoms with van der Waals surface area (Å²) in [5.41, 5.74) is 4.99. The van der Waals surface area contributed by atoms with Gasteiger partial charge in [0.15, 0.2) is 11.5 Å². The number of ether oxygens (including phenoxy) is 2. The smallest absolute Gasteiger partial charge is 0.282 e. The van der Waals surface area contributed by atoms with Crippen molar-refractivity contribution in [2.24, 2.45) is 0 Å². The molecule has 1 aliphatic heterocycles. The first kappa shape index (κ1) is 24.2. The van der Waals surface area contributed by atoms with Crippen LogP contribution in [-0.4, -0.2) is 23.8 Å². The lowest BCUT2D eigenvalue weighted by atomic mass is 10.0. The maximum absolute atomic E-state index is 12.9. The van der Waals surface area contributed by atoms with Crippen molar-refractivity contribution in [2.45, 2.75) is 13.0 Å². The first-order valence-corrected chi connectivity index (χ1v) is 11.0. The van der Waals surface area contributed by atoms with Crippen molar-refractivity contribution in [3.63, 3.8) is 0 Å². The summed E-state index contributed by atoms with van der Waals surface area (Å²) in [6.45, 7) is 3.87. The number of nitrogens with one attached hydrogen (secondary N) is 1. The lowest BCUT2D eigenvalue weighted by Crippen LogP contribution is -2.35. The van der Waals surface area contributed by atoms with Crippen LogP contribution in [0.15, 0.2) is 85.0 Å². The molecule has 0 atom stereocenters. The molecule has 9 heteroatoms. The Morgan fingerprint density at radius 2 is 1.86 bits per heavy atom. The summed E-state index contributed by atoms with van der Waals surface area (Å²) in [6, 6.07) is 18.4. The molecule has 3 aromatic rings. The van der Waals surface area contributed by atoms with Gasteiger partial charge in [0.25, 0.3) is 17.5 Å². The molecule has 1 aliphatic rings. The molecule has 0 aromatic heterocycles. The van der Waals surface area contributed by atoms with Gasteiger partial charge in [-0.15, -0.1) is 6.58 Å². The van der Waals surface area contributed by atoms with Crippen molar-refractivity contribution in [3.8, 4) is 11.5 Å². The van der Waals surface area contributed by atoms with Gasteiger partial charge in [-0.05, 0) is 47.9 Å². The van der Waals surface area contributed by atoms with Gasteiger partial charge in [0, 0.05) is 17.7 Å². The van der Waals surface area contributed by atoms with Gasteiger partial charge in [-0.2, -0.15) is 0 Å². The van der Waals surface area contributed by atoms with Gasteiger partial charge in [0.1, 0.15) is 12.2 Å². The van der Waals surface area contributed by atoms with E-state index in [-0.39, 0.29) is 17.9 Å². The van der Waals surface area contributed by atoms with E-state index in [2.05, 4.69) is 12.0 Å². The zero-order chi connectivity index (χ0) is 25.7. The van der Waals surface area contributed by atoms with E-state index >= 15 is 0 Å². The van der Waals surface area contributed by atoms with Crippen LogP contribution in [0.1, 0.15) is 16.7 Å². The summed E-state index contributed by atoms with van der Waals surface area (Å²) >= 11 is 0. The van der Waals surface area contributed by atoms with E-state index in [9.17, 15) is 19.7 Å². The quantitative estimate of drug-likeness (QED) is 0.158. The Morgan fingerprint density at radius 1 is 1.08 bits per heavy atom. The molecule has 1 N–H and O–H groups in total. The maximum atomic E-state index is 12.9. The van der Waals surface area contributed by atoms with Gasteiger partial charge in [0.05, 0.1) is 17.7 Å².